The van der Waals surface area contributed by atoms with Gasteiger partial charge in [0.25, 0.3) is 0 Å². The number of hydrogen-bond donors (Lipinski definition) is 0. The smallest absolute Gasteiger partial charge is 0.223 e. The number of methoxy groups -OCH3 is 1. The Morgan fingerprint density at radius 2 is 2.28 bits per heavy atom. The number of ether oxygens (including phenoxy) is 1. The van der Waals surface area contributed by atoms with E-state index in [1.54, 1.807) is 7.11 Å². The van der Waals surface area contributed by atoms with Crippen molar-refractivity contribution < 1.29 is 9.53 Å². The number of hydrogen-bond acceptors (Lipinski definition) is 2. The molecule has 1 atom stereocenters. The minimum Gasteiger partial charge on any atom is -0.497 e. The van der Waals surface area contributed by atoms with E-state index in [-0.39, 0.29) is 5.91 Å². The minimum atomic E-state index is 0.288. The van der Waals surface area contributed by atoms with Crippen LogP contribution >= 0.6 is 0 Å². The number of benzene rings is 1. The fraction of sp³-hybridized carbons (Fsp3) is 0.533. The summed E-state index contributed by atoms with van der Waals surface area (Å²) in [5.74, 6) is 1.51. The number of carbonyl (C=O) groups excluding carboxylic acids is 1. The zero-order valence-corrected chi connectivity index (χ0v) is 11.2. The first-order valence-electron chi connectivity index (χ1n) is 6.66. The number of piperidine rings is 1. The van der Waals surface area contributed by atoms with Gasteiger partial charge in [0.05, 0.1) is 7.11 Å². The normalized spacial score (nSPS) is 20.0. The molecule has 0 N–H and O–H groups in total. The van der Waals surface area contributed by atoms with Gasteiger partial charge < -0.3 is 9.64 Å². The van der Waals surface area contributed by atoms with Crippen molar-refractivity contribution >= 4 is 5.91 Å². The number of carbonyl (C=O) groups is 1. The Labute approximate surface area is 109 Å². The van der Waals surface area contributed by atoms with Crippen molar-refractivity contribution in [1.29, 1.82) is 0 Å². The molecule has 0 aromatic heterocycles. The minimum absolute atomic E-state index is 0.288. The molecule has 1 aliphatic heterocycles. The van der Waals surface area contributed by atoms with Crippen molar-refractivity contribution in [3.63, 3.8) is 0 Å². The Balaban J connectivity index is 2.05. The van der Waals surface area contributed by atoms with E-state index in [0.717, 1.165) is 31.7 Å². The molecule has 0 spiro atoms. The molecule has 2 rings (SSSR count). The Hall–Kier alpha value is -1.51. The summed E-state index contributed by atoms with van der Waals surface area (Å²) in [4.78, 5) is 14.0. The standard InChI is InChI=1S/C15H21NO2/c1-3-8-16-9-7-13(11-15(16)17)12-5-4-6-14(10-12)18-2/h4-6,10,13H,3,7-9,11H2,1-2H3. The van der Waals surface area contributed by atoms with E-state index in [1.165, 1.54) is 5.56 Å². The lowest BCUT2D eigenvalue weighted by molar-refractivity contribution is -0.133. The second-order valence-corrected chi connectivity index (χ2v) is 4.85. The van der Waals surface area contributed by atoms with Crippen molar-refractivity contribution in [3.05, 3.63) is 29.8 Å². The van der Waals surface area contributed by atoms with E-state index in [2.05, 4.69) is 13.0 Å². The lowest BCUT2D eigenvalue weighted by Gasteiger charge is -2.31. The predicted octanol–water partition coefficient (Wildman–Crippen LogP) is 2.81. The van der Waals surface area contributed by atoms with E-state index in [4.69, 9.17) is 4.74 Å². The molecule has 0 radical (unpaired) electrons. The third-order valence-electron chi connectivity index (χ3n) is 3.58. The summed E-state index contributed by atoms with van der Waals surface area (Å²) >= 11 is 0. The highest BCUT2D eigenvalue weighted by molar-refractivity contribution is 5.78. The fourth-order valence-electron chi connectivity index (χ4n) is 2.56. The van der Waals surface area contributed by atoms with E-state index < -0.39 is 0 Å². The molecule has 0 aliphatic carbocycles. The number of nitrogens with zero attached hydrogens (tertiary/aromatic N) is 1. The summed E-state index contributed by atoms with van der Waals surface area (Å²) in [6, 6.07) is 8.08. The van der Waals surface area contributed by atoms with Crippen molar-refractivity contribution in [3.8, 4) is 5.75 Å². The maximum absolute atomic E-state index is 12.0. The maximum Gasteiger partial charge on any atom is 0.223 e. The first kappa shape index (κ1) is 12.9. The van der Waals surface area contributed by atoms with Crippen LogP contribution in [0.1, 0.15) is 37.7 Å². The second kappa shape index (κ2) is 5.89. The van der Waals surface area contributed by atoms with Gasteiger partial charge in [0.15, 0.2) is 0 Å². The van der Waals surface area contributed by atoms with Gasteiger partial charge in [-0.3, -0.25) is 4.79 Å². The molecule has 1 aromatic carbocycles. The topological polar surface area (TPSA) is 29.5 Å². The SMILES string of the molecule is CCCN1CCC(c2cccc(OC)c2)CC1=O. The predicted molar refractivity (Wildman–Crippen MR) is 71.8 cm³/mol. The first-order chi connectivity index (χ1) is 8.74. The molecule has 3 nitrogen and oxygen atoms in total. The number of rotatable bonds is 4. The Kier molecular flexibility index (Phi) is 4.24. The maximum atomic E-state index is 12.0. The summed E-state index contributed by atoms with van der Waals surface area (Å²) in [5.41, 5.74) is 1.22. The summed E-state index contributed by atoms with van der Waals surface area (Å²) < 4.78 is 5.24. The number of likely N-dealkylation sites (tertiary alicyclic amines) is 1. The largest absolute Gasteiger partial charge is 0.497 e. The van der Waals surface area contributed by atoms with Crippen molar-refractivity contribution in [1.82, 2.24) is 4.90 Å². The van der Waals surface area contributed by atoms with Gasteiger partial charge in [0, 0.05) is 19.5 Å². The van der Waals surface area contributed by atoms with Gasteiger partial charge in [-0.2, -0.15) is 0 Å². The van der Waals surface area contributed by atoms with Crippen LogP contribution in [-0.4, -0.2) is 31.0 Å². The van der Waals surface area contributed by atoms with Crippen LogP contribution in [0.4, 0.5) is 0 Å². The fourth-order valence-corrected chi connectivity index (χ4v) is 2.56. The molecule has 98 valence electrons. The van der Waals surface area contributed by atoms with Crippen molar-refractivity contribution in [2.24, 2.45) is 0 Å². The highest BCUT2D eigenvalue weighted by Crippen LogP contribution is 2.30. The second-order valence-electron chi connectivity index (χ2n) is 4.85. The Bertz CT molecular complexity index is 417. The molecule has 0 saturated carbocycles. The Morgan fingerprint density at radius 1 is 1.44 bits per heavy atom. The van der Waals surface area contributed by atoms with Gasteiger partial charge in [-0.05, 0) is 36.5 Å². The third kappa shape index (κ3) is 2.84. The van der Waals surface area contributed by atoms with E-state index in [1.807, 2.05) is 23.1 Å². The van der Waals surface area contributed by atoms with Gasteiger partial charge in [-0.15, -0.1) is 0 Å². The third-order valence-corrected chi connectivity index (χ3v) is 3.58. The van der Waals surface area contributed by atoms with Gasteiger partial charge >= 0.3 is 0 Å². The van der Waals surface area contributed by atoms with Crippen LogP contribution in [0.5, 0.6) is 5.75 Å². The van der Waals surface area contributed by atoms with Gasteiger partial charge in [-0.25, -0.2) is 0 Å². The summed E-state index contributed by atoms with van der Waals surface area (Å²) in [6.45, 7) is 3.89. The van der Waals surface area contributed by atoms with Crippen molar-refractivity contribution in [2.75, 3.05) is 20.2 Å². The number of amides is 1. The van der Waals surface area contributed by atoms with Crippen LogP contribution in [0.3, 0.4) is 0 Å². The molecule has 1 heterocycles. The van der Waals surface area contributed by atoms with E-state index in [9.17, 15) is 4.79 Å². The van der Waals surface area contributed by atoms with Crippen molar-refractivity contribution in [2.45, 2.75) is 32.1 Å². The average molecular weight is 247 g/mol. The van der Waals surface area contributed by atoms with Crippen LogP contribution in [0.25, 0.3) is 0 Å². The summed E-state index contributed by atoms with van der Waals surface area (Å²) in [7, 11) is 1.67. The lowest BCUT2D eigenvalue weighted by Crippen LogP contribution is -2.38. The molecule has 1 amide bonds. The van der Waals surface area contributed by atoms with Gasteiger partial charge in [-0.1, -0.05) is 19.1 Å². The summed E-state index contributed by atoms with van der Waals surface area (Å²) in [5, 5.41) is 0. The van der Waals surface area contributed by atoms with Gasteiger partial charge in [0.2, 0.25) is 5.91 Å². The van der Waals surface area contributed by atoms with E-state index in [0.29, 0.717) is 12.3 Å². The zero-order valence-electron chi connectivity index (χ0n) is 11.2. The quantitative estimate of drug-likeness (QED) is 0.818. The van der Waals surface area contributed by atoms with E-state index >= 15 is 0 Å². The van der Waals surface area contributed by atoms with Crippen LogP contribution in [0, 0.1) is 0 Å². The van der Waals surface area contributed by atoms with Crippen LogP contribution < -0.4 is 4.74 Å². The molecule has 18 heavy (non-hydrogen) atoms. The molecule has 1 saturated heterocycles. The molecule has 1 aromatic rings. The monoisotopic (exact) mass is 247 g/mol. The molecule has 0 bridgehead atoms. The molecule has 3 heteroatoms. The highest BCUT2D eigenvalue weighted by atomic mass is 16.5. The first-order valence-corrected chi connectivity index (χ1v) is 6.66. The lowest BCUT2D eigenvalue weighted by atomic mass is 9.89. The Morgan fingerprint density at radius 3 is 2.94 bits per heavy atom. The van der Waals surface area contributed by atoms with Crippen LogP contribution in [-0.2, 0) is 4.79 Å². The molecular weight excluding hydrogens is 226 g/mol. The molecule has 1 unspecified atom stereocenters. The highest BCUT2D eigenvalue weighted by Gasteiger charge is 2.26. The summed E-state index contributed by atoms with van der Waals surface area (Å²) in [6.07, 6.45) is 2.72. The zero-order chi connectivity index (χ0) is 13.0. The average Bonchev–Trinajstić information content (AvgIpc) is 2.41. The molecule has 1 aliphatic rings. The van der Waals surface area contributed by atoms with Crippen LogP contribution in [0.15, 0.2) is 24.3 Å². The van der Waals surface area contributed by atoms with Crippen LogP contribution in [0.2, 0.25) is 0 Å². The molecule has 1 fully saturated rings. The van der Waals surface area contributed by atoms with Gasteiger partial charge in [0.1, 0.15) is 5.75 Å². The molecular formula is C15H21NO2.